The zero-order valence-electron chi connectivity index (χ0n) is 10.8. The molecule has 0 bridgehead atoms. The molecule has 1 aliphatic heterocycles. The Labute approximate surface area is 116 Å². The first-order valence-electron chi connectivity index (χ1n) is 6.33. The third-order valence-corrected chi connectivity index (χ3v) is 4.32. The number of carboxylic acids is 1. The van der Waals surface area contributed by atoms with Crippen molar-refractivity contribution in [2.24, 2.45) is 0 Å². The quantitative estimate of drug-likeness (QED) is 0.841. The van der Waals surface area contributed by atoms with Gasteiger partial charge in [0.2, 0.25) is 5.91 Å². The molecule has 1 amide bonds. The number of amides is 1. The maximum absolute atomic E-state index is 11.6. The summed E-state index contributed by atoms with van der Waals surface area (Å²) < 4.78 is 0. The van der Waals surface area contributed by atoms with E-state index in [-0.39, 0.29) is 5.91 Å². The Bertz CT molecular complexity index is 472. The molecular formula is C14H17NO3S. The van der Waals surface area contributed by atoms with Crippen LogP contribution in [0.3, 0.4) is 0 Å². The summed E-state index contributed by atoms with van der Waals surface area (Å²) in [4.78, 5) is 25.3. The van der Waals surface area contributed by atoms with Crippen LogP contribution in [-0.4, -0.2) is 40.2 Å². The lowest BCUT2D eigenvalue weighted by Gasteiger charge is -2.21. The third kappa shape index (κ3) is 3.50. The van der Waals surface area contributed by atoms with Gasteiger partial charge in [-0.3, -0.25) is 4.79 Å². The van der Waals surface area contributed by atoms with Crippen LogP contribution in [0, 0.1) is 0 Å². The molecule has 2 rings (SSSR count). The number of thioether (sulfide) groups is 1. The Morgan fingerprint density at radius 1 is 1.42 bits per heavy atom. The lowest BCUT2D eigenvalue weighted by Crippen LogP contribution is -2.32. The standard InChI is InChI=1S/C14H17NO3S/c1-10-2-7-13(16)15(10)8-9-19-12-5-3-11(4-6-12)14(17)18/h3-6,10H,2,7-9H2,1H3,(H,17,18). The van der Waals surface area contributed by atoms with Crippen LogP contribution in [0.15, 0.2) is 29.2 Å². The highest BCUT2D eigenvalue weighted by Crippen LogP contribution is 2.22. The van der Waals surface area contributed by atoms with Gasteiger partial charge in [0.05, 0.1) is 5.56 Å². The second-order valence-corrected chi connectivity index (χ2v) is 5.82. The molecule has 1 unspecified atom stereocenters. The predicted molar refractivity (Wildman–Crippen MR) is 74.5 cm³/mol. The highest BCUT2D eigenvalue weighted by Gasteiger charge is 2.26. The lowest BCUT2D eigenvalue weighted by atomic mass is 10.2. The van der Waals surface area contributed by atoms with Crippen molar-refractivity contribution in [3.05, 3.63) is 29.8 Å². The summed E-state index contributed by atoms with van der Waals surface area (Å²) in [5.74, 6) is 0.171. The summed E-state index contributed by atoms with van der Waals surface area (Å²) in [5.41, 5.74) is 0.299. The number of carboxylic acid groups (broad SMARTS) is 1. The van der Waals surface area contributed by atoms with E-state index >= 15 is 0 Å². The van der Waals surface area contributed by atoms with Gasteiger partial charge in [0.1, 0.15) is 0 Å². The third-order valence-electron chi connectivity index (χ3n) is 3.33. The average Bonchev–Trinajstić information content (AvgIpc) is 2.71. The van der Waals surface area contributed by atoms with Crippen molar-refractivity contribution in [3.63, 3.8) is 0 Å². The second-order valence-electron chi connectivity index (χ2n) is 4.65. The number of aromatic carboxylic acids is 1. The summed E-state index contributed by atoms with van der Waals surface area (Å²) in [6.07, 6.45) is 1.62. The number of hydrogen-bond acceptors (Lipinski definition) is 3. The van der Waals surface area contributed by atoms with E-state index in [1.807, 2.05) is 17.0 Å². The van der Waals surface area contributed by atoms with Gasteiger partial charge in [-0.1, -0.05) is 0 Å². The number of carbonyl (C=O) groups is 2. The number of nitrogens with zero attached hydrogens (tertiary/aromatic N) is 1. The number of hydrogen-bond donors (Lipinski definition) is 1. The highest BCUT2D eigenvalue weighted by molar-refractivity contribution is 7.99. The molecule has 0 aliphatic carbocycles. The van der Waals surface area contributed by atoms with E-state index in [0.29, 0.717) is 18.0 Å². The number of likely N-dealkylation sites (tertiary alicyclic amines) is 1. The minimum atomic E-state index is -0.909. The van der Waals surface area contributed by atoms with Crippen LogP contribution in [0.1, 0.15) is 30.1 Å². The van der Waals surface area contributed by atoms with Gasteiger partial charge in [-0.05, 0) is 37.6 Å². The molecule has 0 radical (unpaired) electrons. The first-order valence-corrected chi connectivity index (χ1v) is 7.32. The predicted octanol–water partition coefficient (Wildman–Crippen LogP) is 2.49. The smallest absolute Gasteiger partial charge is 0.335 e. The highest BCUT2D eigenvalue weighted by atomic mass is 32.2. The molecule has 0 spiro atoms. The fraction of sp³-hybridized carbons (Fsp3) is 0.429. The van der Waals surface area contributed by atoms with E-state index in [2.05, 4.69) is 6.92 Å². The summed E-state index contributed by atoms with van der Waals surface area (Å²) >= 11 is 1.64. The van der Waals surface area contributed by atoms with Crippen LogP contribution in [0.5, 0.6) is 0 Å². The number of carbonyl (C=O) groups excluding carboxylic acids is 1. The van der Waals surface area contributed by atoms with Crippen molar-refractivity contribution in [1.29, 1.82) is 0 Å². The molecular weight excluding hydrogens is 262 g/mol. The van der Waals surface area contributed by atoms with Gasteiger partial charge in [-0.2, -0.15) is 0 Å². The molecule has 1 aliphatic rings. The van der Waals surface area contributed by atoms with Crippen LogP contribution in [0.25, 0.3) is 0 Å². The number of benzene rings is 1. The molecule has 1 aromatic carbocycles. The molecule has 1 N–H and O–H groups in total. The Kier molecular flexibility index (Phi) is 4.47. The normalized spacial score (nSPS) is 18.9. The molecule has 1 fully saturated rings. The monoisotopic (exact) mass is 279 g/mol. The Morgan fingerprint density at radius 3 is 2.63 bits per heavy atom. The van der Waals surface area contributed by atoms with Crippen LogP contribution in [-0.2, 0) is 4.79 Å². The van der Waals surface area contributed by atoms with E-state index in [1.165, 1.54) is 0 Å². The van der Waals surface area contributed by atoms with Crippen molar-refractivity contribution >= 4 is 23.6 Å². The van der Waals surface area contributed by atoms with Gasteiger partial charge in [0.15, 0.2) is 0 Å². The fourth-order valence-electron chi connectivity index (χ4n) is 2.18. The molecule has 1 heterocycles. The van der Waals surface area contributed by atoms with Crippen LogP contribution in [0.4, 0.5) is 0 Å². The first kappa shape index (κ1) is 13.9. The molecule has 19 heavy (non-hydrogen) atoms. The Morgan fingerprint density at radius 2 is 2.11 bits per heavy atom. The number of rotatable bonds is 5. The molecule has 102 valence electrons. The van der Waals surface area contributed by atoms with E-state index < -0.39 is 5.97 Å². The van der Waals surface area contributed by atoms with E-state index in [0.717, 1.165) is 23.6 Å². The van der Waals surface area contributed by atoms with Crippen LogP contribution in [0.2, 0.25) is 0 Å². The molecule has 1 saturated heterocycles. The van der Waals surface area contributed by atoms with Gasteiger partial charge >= 0.3 is 5.97 Å². The second kappa shape index (κ2) is 6.10. The summed E-state index contributed by atoms with van der Waals surface area (Å²) in [5, 5.41) is 8.80. The SMILES string of the molecule is CC1CCC(=O)N1CCSc1ccc(C(=O)O)cc1. The summed E-state index contributed by atoms with van der Waals surface area (Å²) in [6, 6.07) is 7.18. The maximum Gasteiger partial charge on any atom is 0.335 e. The van der Waals surface area contributed by atoms with Gasteiger partial charge < -0.3 is 10.0 Å². The zero-order valence-corrected chi connectivity index (χ0v) is 11.7. The summed E-state index contributed by atoms with van der Waals surface area (Å²) in [6.45, 7) is 2.84. The molecule has 5 heteroatoms. The van der Waals surface area contributed by atoms with Gasteiger partial charge in [-0.15, -0.1) is 11.8 Å². The Balaban J connectivity index is 1.82. The van der Waals surface area contributed by atoms with Gasteiger partial charge in [0, 0.05) is 29.7 Å². The minimum Gasteiger partial charge on any atom is -0.478 e. The van der Waals surface area contributed by atoms with Gasteiger partial charge in [-0.25, -0.2) is 4.79 Å². The van der Waals surface area contributed by atoms with Gasteiger partial charge in [0.25, 0.3) is 0 Å². The molecule has 4 nitrogen and oxygen atoms in total. The maximum atomic E-state index is 11.6. The van der Waals surface area contributed by atoms with Crippen molar-refractivity contribution in [3.8, 4) is 0 Å². The van der Waals surface area contributed by atoms with E-state index in [1.54, 1.807) is 23.9 Å². The molecule has 0 aromatic heterocycles. The molecule has 1 atom stereocenters. The lowest BCUT2D eigenvalue weighted by molar-refractivity contribution is -0.128. The molecule has 1 aromatic rings. The summed E-state index contributed by atoms with van der Waals surface area (Å²) in [7, 11) is 0. The van der Waals surface area contributed by atoms with E-state index in [4.69, 9.17) is 5.11 Å². The van der Waals surface area contributed by atoms with Crippen molar-refractivity contribution < 1.29 is 14.7 Å². The zero-order chi connectivity index (χ0) is 13.8. The largest absolute Gasteiger partial charge is 0.478 e. The average molecular weight is 279 g/mol. The van der Waals surface area contributed by atoms with Crippen molar-refractivity contribution in [2.45, 2.75) is 30.7 Å². The first-order chi connectivity index (χ1) is 9.08. The van der Waals surface area contributed by atoms with Crippen molar-refractivity contribution in [1.82, 2.24) is 4.90 Å². The molecule has 0 saturated carbocycles. The van der Waals surface area contributed by atoms with Crippen LogP contribution < -0.4 is 0 Å². The topological polar surface area (TPSA) is 57.6 Å². The minimum absolute atomic E-state index is 0.245. The van der Waals surface area contributed by atoms with Crippen molar-refractivity contribution in [2.75, 3.05) is 12.3 Å². The Hall–Kier alpha value is -1.49. The van der Waals surface area contributed by atoms with Crippen LogP contribution >= 0.6 is 11.8 Å². The fourth-order valence-corrected chi connectivity index (χ4v) is 3.03. The van der Waals surface area contributed by atoms with E-state index in [9.17, 15) is 9.59 Å².